The molecule has 28 heavy (non-hydrogen) atoms. The summed E-state index contributed by atoms with van der Waals surface area (Å²) >= 11 is 0. The molecule has 1 saturated heterocycles. The highest BCUT2D eigenvalue weighted by Crippen LogP contribution is 2.28. The Morgan fingerprint density at radius 2 is 1.93 bits per heavy atom. The van der Waals surface area contributed by atoms with Gasteiger partial charge in [0.05, 0.1) is 19.3 Å². The summed E-state index contributed by atoms with van der Waals surface area (Å²) in [5, 5.41) is 12.1. The minimum Gasteiger partial charge on any atom is -0.374 e. The molecule has 0 atom stereocenters. The number of likely N-dealkylation sites (tertiary alicyclic amines) is 1. The first kappa shape index (κ1) is 19.1. The largest absolute Gasteiger partial charge is 0.374 e. The zero-order valence-corrected chi connectivity index (χ0v) is 16.7. The molecule has 2 aromatic rings. The summed E-state index contributed by atoms with van der Waals surface area (Å²) in [4.78, 5) is 14.8. The number of hydrogen-bond acceptors (Lipinski definition) is 5. The lowest BCUT2D eigenvalue weighted by molar-refractivity contribution is 0.0654. The Kier molecular flexibility index (Phi) is 5.73. The standard InChI is InChI=1S/C21H29N5O2/c1-15(2)28-14-16-3-5-18(6-4-16)21(27)25-10-7-17(8-11-25)20-24-23-19-13-22-9-12-26(19)20/h3-6,15,17,22H,7-14H2,1-2H3. The van der Waals surface area contributed by atoms with Crippen LogP contribution in [0.5, 0.6) is 0 Å². The van der Waals surface area contributed by atoms with Gasteiger partial charge in [-0.1, -0.05) is 12.1 Å². The minimum atomic E-state index is 0.113. The quantitative estimate of drug-likeness (QED) is 0.858. The molecule has 3 heterocycles. The number of nitrogens with one attached hydrogen (secondary N) is 1. The molecule has 0 spiro atoms. The molecule has 2 aliphatic heterocycles. The van der Waals surface area contributed by atoms with Gasteiger partial charge in [0.15, 0.2) is 0 Å². The third-order valence-electron chi connectivity index (χ3n) is 5.58. The lowest BCUT2D eigenvalue weighted by Gasteiger charge is -2.32. The Morgan fingerprint density at radius 3 is 2.64 bits per heavy atom. The van der Waals surface area contributed by atoms with E-state index in [4.69, 9.17) is 4.74 Å². The summed E-state index contributed by atoms with van der Waals surface area (Å²) in [7, 11) is 0. The van der Waals surface area contributed by atoms with Crippen LogP contribution in [0, 0.1) is 0 Å². The number of benzene rings is 1. The summed E-state index contributed by atoms with van der Waals surface area (Å²) in [6.45, 7) is 8.85. The predicted octanol–water partition coefficient (Wildman–Crippen LogP) is 2.33. The normalized spacial score (nSPS) is 17.8. The fourth-order valence-electron chi connectivity index (χ4n) is 3.95. The molecule has 1 aromatic heterocycles. The molecule has 0 radical (unpaired) electrons. The maximum atomic E-state index is 12.9. The van der Waals surface area contributed by atoms with E-state index < -0.39 is 0 Å². The van der Waals surface area contributed by atoms with Gasteiger partial charge < -0.3 is 19.5 Å². The van der Waals surface area contributed by atoms with Crippen molar-refractivity contribution in [3.63, 3.8) is 0 Å². The fraction of sp³-hybridized carbons (Fsp3) is 0.571. The minimum absolute atomic E-state index is 0.113. The SMILES string of the molecule is CC(C)OCc1ccc(C(=O)N2CCC(c3nnc4n3CCNC4)CC2)cc1. The van der Waals surface area contributed by atoms with E-state index in [1.165, 1.54) is 0 Å². The highest BCUT2D eigenvalue weighted by atomic mass is 16.5. The van der Waals surface area contributed by atoms with Gasteiger partial charge in [0.1, 0.15) is 11.6 Å². The first-order chi connectivity index (χ1) is 13.6. The summed E-state index contributed by atoms with van der Waals surface area (Å²) in [5.41, 5.74) is 1.84. The smallest absolute Gasteiger partial charge is 0.253 e. The number of amides is 1. The van der Waals surface area contributed by atoms with Gasteiger partial charge in [-0.3, -0.25) is 4.79 Å². The van der Waals surface area contributed by atoms with Crippen LogP contribution in [0.25, 0.3) is 0 Å². The van der Waals surface area contributed by atoms with Gasteiger partial charge in [-0.25, -0.2) is 0 Å². The highest BCUT2D eigenvalue weighted by molar-refractivity contribution is 5.94. The second-order valence-corrected chi connectivity index (χ2v) is 7.93. The van der Waals surface area contributed by atoms with Gasteiger partial charge >= 0.3 is 0 Å². The summed E-state index contributed by atoms with van der Waals surface area (Å²) < 4.78 is 7.88. The predicted molar refractivity (Wildman–Crippen MR) is 106 cm³/mol. The zero-order chi connectivity index (χ0) is 19.5. The molecule has 0 aliphatic carbocycles. The Hall–Kier alpha value is -2.25. The van der Waals surface area contributed by atoms with Gasteiger partial charge in [0, 0.05) is 37.7 Å². The van der Waals surface area contributed by atoms with Gasteiger partial charge in [-0.2, -0.15) is 0 Å². The fourth-order valence-corrected chi connectivity index (χ4v) is 3.95. The molecule has 1 fully saturated rings. The van der Waals surface area contributed by atoms with E-state index in [2.05, 4.69) is 20.1 Å². The number of carbonyl (C=O) groups is 1. The molecule has 150 valence electrons. The van der Waals surface area contributed by atoms with Crippen molar-refractivity contribution in [1.29, 1.82) is 0 Å². The highest BCUT2D eigenvalue weighted by Gasteiger charge is 2.29. The van der Waals surface area contributed by atoms with Crippen molar-refractivity contribution in [1.82, 2.24) is 25.0 Å². The number of aromatic nitrogens is 3. The van der Waals surface area contributed by atoms with Crippen LogP contribution in [0.2, 0.25) is 0 Å². The number of ether oxygens (including phenoxy) is 1. The van der Waals surface area contributed by atoms with E-state index in [0.29, 0.717) is 12.5 Å². The number of hydrogen-bond donors (Lipinski definition) is 1. The Morgan fingerprint density at radius 1 is 1.18 bits per heavy atom. The van der Waals surface area contributed by atoms with Crippen LogP contribution in [-0.4, -0.2) is 51.3 Å². The molecule has 0 bridgehead atoms. The molecule has 0 unspecified atom stereocenters. The van der Waals surface area contributed by atoms with Crippen LogP contribution in [-0.2, 0) is 24.4 Å². The van der Waals surface area contributed by atoms with E-state index in [0.717, 1.165) is 68.3 Å². The van der Waals surface area contributed by atoms with Crippen LogP contribution in [0.3, 0.4) is 0 Å². The van der Waals surface area contributed by atoms with Crippen molar-refractivity contribution < 1.29 is 9.53 Å². The number of fused-ring (bicyclic) bond motifs is 1. The molecule has 1 aromatic carbocycles. The van der Waals surface area contributed by atoms with Crippen LogP contribution < -0.4 is 5.32 Å². The monoisotopic (exact) mass is 383 g/mol. The topological polar surface area (TPSA) is 72.3 Å². The first-order valence-corrected chi connectivity index (χ1v) is 10.2. The average molecular weight is 383 g/mol. The summed E-state index contributed by atoms with van der Waals surface area (Å²) in [6.07, 6.45) is 2.09. The number of nitrogens with zero attached hydrogens (tertiary/aromatic N) is 4. The van der Waals surface area contributed by atoms with Gasteiger partial charge in [0.25, 0.3) is 5.91 Å². The summed E-state index contributed by atoms with van der Waals surface area (Å²) in [6, 6.07) is 7.79. The Labute approximate surface area is 166 Å². The second-order valence-electron chi connectivity index (χ2n) is 7.93. The molecular weight excluding hydrogens is 354 g/mol. The molecule has 1 amide bonds. The number of carbonyl (C=O) groups excluding carboxylic acids is 1. The van der Waals surface area contributed by atoms with E-state index in [1.807, 2.05) is 43.0 Å². The van der Waals surface area contributed by atoms with Crippen LogP contribution in [0.1, 0.15) is 60.2 Å². The third kappa shape index (κ3) is 4.10. The molecular formula is C21H29N5O2. The summed E-state index contributed by atoms with van der Waals surface area (Å²) in [5.74, 6) is 2.63. The van der Waals surface area contributed by atoms with Crippen molar-refractivity contribution in [3.05, 3.63) is 47.0 Å². The third-order valence-corrected chi connectivity index (χ3v) is 5.58. The average Bonchev–Trinajstić information content (AvgIpc) is 3.16. The molecule has 7 heteroatoms. The first-order valence-electron chi connectivity index (χ1n) is 10.2. The Balaban J connectivity index is 1.34. The van der Waals surface area contributed by atoms with Crippen LogP contribution in [0.15, 0.2) is 24.3 Å². The zero-order valence-electron chi connectivity index (χ0n) is 16.7. The molecule has 0 saturated carbocycles. The lowest BCUT2D eigenvalue weighted by Crippen LogP contribution is -2.38. The number of piperidine rings is 1. The van der Waals surface area contributed by atoms with Gasteiger partial charge in [-0.05, 0) is 44.4 Å². The van der Waals surface area contributed by atoms with E-state index in [-0.39, 0.29) is 12.0 Å². The van der Waals surface area contributed by atoms with E-state index in [9.17, 15) is 4.79 Å². The van der Waals surface area contributed by atoms with Crippen molar-refractivity contribution in [2.45, 2.75) is 58.4 Å². The maximum Gasteiger partial charge on any atom is 0.253 e. The lowest BCUT2D eigenvalue weighted by atomic mass is 9.95. The van der Waals surface area contributed by atoms with Crippen LogP contribution >= 0.6 is 0 Å². The second kappa shape index (κ2) is 8.41. The van der Waals surface area contributed by atoms with Crippen molar-refractivity contribution in [2.24, 2.45) is 0 Å². The molecule has 1 N–H and O–H groups in total. The van der Waals surface area contributed by atoms with Crippen molar-refractivity contribution >= 4 is 5.91 Å². The molecule has 7 nitrogen and oxygen atoms in total. The maximum absolute atomic E-state index is 12.9. The van der Waals surface area contributed by atoms with E-state index >= 15 is 0 Å². The van der Waals surface area contributed by atoms with Gasteiger partial charge in [0.2, 0.25) is 0 Å². The van der Waals surface area contributed by atoms with Crippen molar-refractivity contribution in [2.75, 3.05) is 19.6 Å². The molecule has 2 aliphatic rings. The van der Waals surface area contributed by atoms with Crippen LogP contribution in [0.4, 0.5) is 0 Å². The molecule has 4 rings (SSSR count). The van der Waals surface area contributed by atoms with Crippen molar-refractivity contribution in [3.8, 4) is 0 Å². The van der Waals surface area contributed by atoms with E-state index in [1.54, 1.807) is 0 Å². The number of rotatable bonds is 5. The van der Waals surface area contributed by atoms with Gasteiger partial charge in [-0.15, -0.1) is 10.2 Å². The Bertz CT molecular complexity index is 807.